The molecule has 2 nitrogen and oxygen atoms in total. The average molecular weight is 376 g/mol. The van der Waals surface area contributed by atoms with Crippen molar-refractivity contribution in [2.75, 3.05) is 0 Å². The zero-order valence-corrected chi connectivity index (χ0v) is 13.3. The number of aryl methyl sites for hydroxylation is 1. The van der Waals surface area contributed by atoms with Crippen LogP contribution in [0.25, 0.3) is 0 Å². The van der Waals surface area contributed by atoms with Gasteiger partial charge in [-0.2, -0.15) is 0 Å². The Morgan fingerprint density at radius 3 is 2.82 bits per heavy atom. The molecule has 0 amide bonds. The topological polar surface area (TPSA) is 38.9 Å². The Morgan fingerprint density at radius 2 is 2.18 bits per heavy atom. The third-order valence-electron chi connectivity index (χ3n) is 2.42. The van der Waals surface area contributed by atoms with Gasteiger partial charge >= 0.3 is 0 Å². The summed E-state index contributed by atoms with van der Waals surface area (Å²) in [5.41, 5.74) is 8.39. The van der Waals surface area contributed by atoms with E-state index in [1.165, 1.54) is 0 Å². The zero-order valence-electron chi connectivity index (χ0n) is 9.28. The molecule has 0 aliphatic carbocycles. The average Bonchev–Trinajstić information content (AvgIpc) is 2.67. The fourth-order valence-electron chi connectivity index (χ4n) is 1.59. The number of thiazole rings is 1. The number of hydrogen-bond acceptors (Lipinski definition) is 3. The summed E-state index contributed by atoms with van der Waals surface area (Å²) in [5.74, 6) is 0. The standard InChI is InChI=1S/C12H12Br2N2S/c1-7-6-17-12(16-7)5-11(15)9-4-8(13)2-3-10(9)14/h2-4,6,11H,5,15H2,1H3. The van der Waals surface area contributed by atoms with Crippen molar-refractivity contribution in [2.45, 2.75) is 19.4 Å². The van der Waals surface area contributed by atoms with Crippen molar-refractivity contribution >= 4 is 43.2 Å². The lowest BCUT2D eigenvalue weighted by Crippen LogP contribution is -2.14. The molecule has 0 fully saturated rings. The first-order valence-corrected chi connectivity index (χ1v) is 7.64. The van der Waals surface area contributed by atoms with Gasteiger partial charge < -0.3 is 5.73 Å². The third kappa shape index (κ3) is 3.37. The Labute approximate surface area is 122 Å². The van der Waals surface area contributed by atoms with Gasteiger partial charge in [-0.3, -0.25) is 0 Å². The highest BCUT2D eigenvalue weighted by atomic mass is 79.9. The molecule has 1 aromatic heterocycles. The van der Waals surface area contributed by atoms with Crippen molar-refractivity contribution in [1.29, 1.82) is 0 Å². The molecule has 1 unspecified atom stereocenters. The van der Waals surface area contributed by atoms with Gasteiger partial charge in [-0.15, -0.1) is 11.3 Å². The fraction of sp³-hybridized carbons (Fsp3) is 0.250. The van der Waals surface area contributed by atoms with Crippen molar-refractivity contribution in [3.63, 3.8) is 0 Å². The van der Waals surface area contributed by atoms with Gasteiger partial charge in [-0.25, -0.2) is 4.98 Å². The minimum Gasteiger partial charge on any atom is -0.324 e. The predicted molar refractivity (Wildman–Crippen MR) is 79.3 cm³/mol. The van der Waals surface area contributed by atoms with Gasteiger partial charge in [-0.1, -0.05) is 31.9 Å². The Morgan fingerprint density at radius 1 is 1.41 bits per heavy atom. The summed E-state index contributed by atoms with van der Waals surface area (Å²) in [6.45, 7) is 2.00. The van der Waals surface area contributed by atoms with Crippen LogP contribution in [0.15, 0.2) is 32.5 Å². The van der Waals surface area contributed by atoms with E-state index in [0.29, 0.717) is 0 Å². The summed E-state index contributed by atoms with van der Waals surface area (Å²) in [5, 5.41) is 3.14. The number of halogens is 2. The fourth-order valence-corrected chi connectivity index (χ4v) is 3.34. The van der Waals surface area contributed by atoms with Crippen LogP contribution in [0, 0.1) is 6.92 Å². The molecule has 0 saturated carbocycles. The molecule has 2 N–H and O–H groups in total. The molecule has 0 radical (unpaired) electrons. The second kappa shape index (κ2) is 5.61. The number of benzene rings is 1. The largest absolute Gasteiger partial charge is 0.324 e. The molecule has 2 aromatic rings. The number of hydrogen-bond donors (Lipinski definition) is 1. The number of nitrogens with zero attached hydrogens (tertiary/aromatic N) is 1. The predicted octanol–water partition coefficient (Wildman–Crippen LogP) is 4.22. The summed E-state index contributed by atoms with van der Waals surface area (Å²) < 4.78 is 2.09. The van der Waals surface area contributed by atoms with E-state index in [1.807, 2.05) is 19.1 Å². The molecule has 1 aromatic carbocycles. The summed E-state index contributed by atoms with van der Waals surface area (Å²) in [4.78, 5) is 4.44. The molecule has 0 aliphatic rings. The van der Waals surface area contributed by atoms with E-state index in [4.69, 9.17) is 5.73 Å². The van der Waals surface area contributed by atoms with Gasteiger partial charge in [-0.05, 0) is 30.7 Å². The molecule has 0 spiro atoms. The van der Waals surface area contributed by atoms with Crippen molar-refractivity contribution in [2.24, 2.45) is 5.73 Å². The number of rotatable bonds is 3. The molecular weight excluding hydrogens is 364 g/mol. The second-order valence-electron chi connectivity index (χ2n) is 3.86. The van der Waals surface area contributed by atoms with E-state index < -0.39 is 0 Å². The van der Waals surface area contributed by atoms with E-state index in [-0.39, 0.29) is 6.04 Å². The SMILES string of the molecule is Cc1csc(CC(N)c2cc(Br)ccc2Br)n1. The minimum atomic E-state index is -0.0348. The molecule has 17 heavy (non-hydrogen) atoms. The van der Waals surface area contributed by atoms with E-state index in [1.54, 1.807) is 11.3 Å². The lowest BCUT2D eigenvalue weighted by atomic mass is 10.1. The summed E-state index contributed by atoms with van der Waals surface area (Å²) in [6.07, 6.45) is 0.771. The van der Waals surface area contributed by atoms with Crippen LogP contribution in [0.2, 0.25) is 0 Å². The van der Waals surface area contributed by atoms with Gasteiger partial charge in [0, 0.05) is 32.5 Å². The highest BCUT2D eigenvalue weighted by Crippen LogP contribution is 2.28. The first-order chi connectivity index (χ1) is 8.06. The Bertz CT molecular complexity index is 525. The van der Waals surface area contributed by atoms with E-state index >= 15 is 0 Å². The molecular formula is C12H12Br2N2S. The molecule has 1 heterocycles. The van der Waals surface area contributed by atoms with Crippen LogP contribution in [-0.4, -0.2) is 4.98 Å². The summed E-state index contributed by atoms with van der Waals surface area (Å²) in [6, 6.07) is 6.02. The van der Waals surface area contributed by atoms with Crippen LogP contribution in [0.4, 0.5) is 0 Å². The van der Waals surface area contributed by atoms with Crippen LogP contribution >= 0.6 is 43.2 Å². The normalized spacial score (nSPS) is 12.7. The van der Waals surface area contributed by atoms with E-state index in [2.05, 4.69) is 48.3 Å². The van der Waals surface area contributed by atoms with Crippen molar-refractivity contribution in [3.8, 4) is 0 Å². The van der Waals surface area contributed by atoms with E-state index in [9.17, 15) is 0 Å². The molecule has 90 valence electrons. The molecule has 0 bridgehead atoms. The van der Waals surface area contributed by atoms with Crippen LogP contribution in [0.3, 0.4) is 0 Å². The second-order valence-corrected chi connectivity index (χ2v) is 6.57. The first kappa shape index (κ1) is 13.2. The maximum absolute atomic E-state index is 6.22. The van der Waals surface area contributed by atoms with Gasteiger partial charge in [0.05, 0.1) is 5.01 Å². The number of nitrogens with two attached hydrogens (primary N) is 1. The Hall–Kier alpha value is -0.230. The Kier molecular flexibility index (Phi) is 4.36. The lowest BCUT2D eigenvalue weighted by molar-refractivity contribution is 0.713. The van der Waals surface area contributed by atoms with Crippen LogP contribution in [0.5, 0.6) is 0 Å². The minimum absolute atomic E-state index is 0.0348. The Balaban J connectivity index is 2.19. The maximum Gasteiger partial charge on any atom is 0.0947 e. The zero-order chi connectivity index (χ0) is 12.4. The third-order valence-corrected chi connectivity index (χ3v) is 4.62. The highest BCUT2D eigenvalue weighted by Gasteiger charge is 2.13. The molecule has 2 rings (SSSR count). The smallest absolute Gasteiger partial charge is 0.0947 e. The first-order valence-electron chi connectivity index (χ1n) is 5.18. The molecule has 1 atom stereocenters. The van der Waals surface area contributed by atoms with Crippen LogP contribution < -0.4 is 5.73 Å². The molecule has 0 saturated heterocycles. The van der Waals surface area contributed by atoms with Gasteiger partial charge in [0.25, 0.3) is 0 Å². The maximum atomic E-state index is 6.22. The highest BCUT2D eigenvalue weighted by molar-refractivity contribution is 9.11. The van der Waals surface area contributed by atoms with E-state index in [0.717, 1.165) is 31.6 Å². The quantitative estimate of drug-likeness (QED) is 0.872. The molecule has 5 heteroatoms. The van der Waals surface area contributed by atoms with Crippen LogP contribution in [0.1, 0.15) is 22.3 Å². The molecule has 0 aliphatic heterocycles. The van der Waals surface area contributed by atoms with Crippen molar-refractivity contribution in [1.82, 2.24) is 4.98 Å². The van der Waals surface area contributed by atoms with Gasteiger partial charge in [0.15, 0.2) is 0 Å². The monoisotopic (exact) mass is 374 g/mol. The number of aromatic nitrogens is 1. The lowest BCUT2D eigenvalue weighted by Gasteiger charge is -2.12. The van der Waals surface area contributed by atoms with Crippen molar-refractivity contribution < 1.29 is 0 Å². The van der Waals surface area contributed by atoms with Gasteiger partial charge in [0.1, 0.15) is 0 Å². The van der Waals surface area contributed by atoms with Gasteiger partial charge in [0.2, 0.25) is 0 Å². The van der Waals surface area contributed by atoms with Crippen molar-refractivity contribution in [3.05, 3.63) is 48.8 Å². The van der Waals surface area contributed by atoms with Crippen LogP contribution in [-0.2, 0) is 6.42 Å². The summed E-state index contributed by atoms with van der Waals surface area (Å²) in [7, 11) is 0. The summed E-state index contributed by atoms with van der Waals surface area (Å²) >= 11 is 8.66.